The molecule has 1 unspecified atom stereocenters. The predicted octanol–water partition coefficient (Wildman–Crippen LogP) is 0.180. The van der Waals surface area contributed by atoms with Crippen LogP contribution in [0.1, 0.15) is 52.9 Å². The Kier molecular flexibility index (Phi) is 8.35. The number of hydrogen-bond acceptors (Lipinski definition) is 5. The molecule has 1 heterocycles. The Labute approximate surface area is 144 Å². The van der Waals surface area contributed by atoms with Crippen LogP contribution in [0.15, 0.2) is 0 Å². The molecule has 1 fully saturated rings. The van der Waals surface area contributed by atoms with Crippen molar-refractivity contribution in [2.75, 3.05) is 26.2 Å². The third kappa shape index (κ3) is 6.20. The van der Waals surface area contributed by atoms with Crippen LogP contribution in [0.4, 0.5) is 0 Å². The maximum atomic E-state index is 12.5. The maximum Gasteiger partial charge on any atom is 0.242 e. The number of nitrogens with one attached hydrogen (secondary N) is 2. The van der Waals surface area contributed by atoms with E-state index in [1.54, 1.807) is 0 Å². The number of rotatable bonds is 10. The quantitative estimate of drug-likeness (QED) is 0.492. The van der Waals surface area contributed by atoms with Gasteiger partial charge in [-0.05, 0) is 65.6 Å². The summed E-state index contributed by atoms with van der Waals surface area (Å²) in [6.45, 7) is 7.55. The number of carbonyl (C=O) groups excluding carboxylic acids is 3. The highest BCUT2D eigenvalue weighted by Gasteiger charge is 2.35. The molecule has 0 aliphatic carbocycles. The number of unbranched alkanes of at least 4 members (excludes halogenated alkanes) is 1. The van der Waals surface area contributed by atoms with Gasteiger partial charge >= 0.3 is 0 Å². The molecule has 2 amide bonds. The van der Waals surface area contributed by atoms with Gasteiger partial charge in [0.1, 0.15) is 6.04 Å². The molecule has 0 spiro atoms. The summed E-state index contributed by atoms with van der Waals surface area (Å²) in [4.78, 5) is 38.2. The summed E-state index contributed by atoms with van der Waals surface area (Å²) in [6, 6.07) is -0.614. The maximum absolute atomic E-state index is 12.5. The van der Waals surface area contributed by atoms with Crippen molar-refractivity contribution in [1.82, 2.24) is 15.5 Å². The smallest absolute Gasteiger partial charge is 0.242 e. The van der Waals surface area contributed by atoms with Gasteiger partial charge in [0.25, 0.3) is 0 Å². The zero-order valence-electron chi connectivity index (χ0n) is 15.2. The van der Waals surface area contributed by atoms with E-state index in [0.717, 1.165) is 38.8 Å². The average Bonchev–Trinajstić information content (AvgIpc) is 3.06. The third-order valence-corrected chi connectivity index (χ3v) is 4.64. The van der Waals surface area contributed by atoms with E-state index < -0.39 is 11.6 Å². The first kappa shape index (κ1) is 20.6. The summed E-state index contributed by atoms with van der Waals surface area (Å²) in [6.07, 6.45) is 4.28. The van der Waals surface area contributed by atoms with Gasteiger partial charge in [0.2, 0.25) is 11.8 Å². The highest BCUT2D eigenvalue weighted by Crippen LogP contribution is 2.21. The Morgan fingerprint density at radius 2 is 1.79 bits per heavy atom. The molecule has 0 bridgehead atoms. The SMILES string of the molecule is CC(=O)NC(CCCCN)C(=O)NCC(=O)C(C)(C)N1CCCC1. The highest BCUT2D eigenvalue weighted by atomic mass is 16.2. The second-order valence-corrected chi connectivity index (χ2v) is 6.93. The molecule has 0 radical (unpaired) electrons. The van der Waals surface area contributed by atoms with Crippen molar-refractivity contribution in [3.8, 4) is 0 Å². The van der Waals surface area contributed by atoms with Gasteiger partial charge in [-0.2, -0.15) is 0 Å². The molecule has 24 heavy (non-hydrogen) atoms. The van der Waals surface area contributed by atoms with E-state index in [1.807, 2.05) is 13.8 Å². The number of likely N-dealkylation sites (tertiary alicyclic amines) is 1. The number of Topliss-reactive ketones (excluding diaryl/α,β-unsaturated/α-hetero) is 1. The molecule has 138 valence electrons. The van der Waals surface area contributed by atoms with E-state index >= 15 is 0 Å². The number of amides is 2. The van der Waals surface area contributed by atoms with Crippen LogP contribution in [0.2, 0.25) is 0 Å². The van der Waals surface area contributed by atoms with Crippen molar-refractivity contribution < 1.29 is 14.4 Å². The first-order chi connectivity index (χ1) is 11.3. The normalized spacial score (nSPS) is 16.7. The van der Waals surface area contributed by atoms with Gasteiger partial charge in [-0.15, -0.1) is 0 Å². The zero-order valence-corrected chi connectivity index (χ0v) is 15.2. The van der Waals surface area contributed by atoms with Crippen LogP contribution >= 0.6 is 0 Å². The van der Waals surface area contributed by atoms with E-state index in [1.165, 1.54) is 6.92 Å². The van der Waals surface area contributed by atoms with Crippen molar-refractivity contribution in [2.45, 2.75) is 64.5 Å². The molecular formula is C17H32N4O3. The van der Waals surface area contributed by atoms with Crippen LogP contribution in [0, 0.1) is 0 Å². The third-order valence-electron chi connectivity index (χ3n) is 4.64. The number of ketones is 1. The molecular weight excluding hydrogens is 308 g/mol. The van der Waals surface area contributed by atoms with Gasteiger partial charge in [0.05, 0.1) is 12.1 Å². The monoisotopic (exact) mass is 340 g/mol. The second-order valence-electron chi connectivity index (χ2n) is 6.93. The molecule has 1 atom stereocenters. The zero-order chi connectivity index (χ0) is 18.2. The van der Waals surface area contributed by atoms with Crippen LogP contribution in [-0.2, 0) is 14.4 Å². The van der Waals surface area contributed by atoms with Gasteiger partial charge in [0.15, 0.2) is 5.78 Å². The average molecular weight is 340 g/mol. The lowest BCUT2D eigenvalue weighted by molar-refractivity contribution is -0.132. The standard InChI is InChI=1S/C17H32N4O3/c1-13(22)20-14(8-4-5-9-18)16(24)19-12-15(23)17(2,3)21-10-6-7-11-21/h14H,4-12,18H2,1-3H3,(H,19,24)(H,20,22). The molecule has 1 aliphatic heterocycles. The van der Waals surface area contributed by atoms with Gasteiger partial charge in [-0.3, -0.25) is 19.3 Å². The number of hydrogen-bond donors (Lipinski definition) is 3. The van der Waals surface area contributed by atoms with Crippen LogP contribution < -0.4 is 16.4 Å². The minimum atomic E-state index is -0.614. The Balaban J connectivity index is 2.53. The van der Waals surface area contributed by atoms with E-state index in [9.17, 15) is 14.4 Å². The van der Waals surface area contributed by atoms with E-state index in [2.05, 4.69) is 15.5 Å². The van der Waals surface area contributed by atoms with Crippen LogP contribution in [0.5, 0.6) is 0 Å². The topological polar surface area (TPSA) is 105 Å². The molecule has 0 aromatic rings. The van der Waals surface area contributed by atoms with Crippen molar-refractivity contribution in [2.24, 2.45) is 5.73 Å². The van der Waals surface area contributed by atoms with Crippen molar-refractivity contribution in [1.29, 1.82) is 0 Å². The fourth-order valence-corrected chi connectivity index (χ4v) is 2.97. The molecule has 4 N–H and O–H groups in total. The fraction of sp³-hybridized carbons (Fsp3) is 0.824. The number of carbonyl (C=O) groups is 3. The molecule has 1 saturated heterocycles. The van der Waals surface area contributed by atoms with E-state index in [0.29, 0.717) is 13.0 Å². The molecule has 7 nitrogen and oxygen atoms in total. The van der Waals surface area contributed by atoms with Crippen LogP contribution in [-0.4, -0.2) is 60.3 Å². The van der Waals surface area contributed by atoms with Gasteiger partial charge in [-0.25, -0.2) is 0 Å². The van der Waals surface area contributed by atoms with E-state index in [-0.39, 0.29) is 24.1 Å². The van der Waals surface area contributed by atoms with Crippen molar-refractivity contribution in [3.05, 3.63) is 0 Å². The number of nitrogens with zero attached hydrogens (tertiary/aromatic N) is 1. The van der Waals surface area contributed by atoms with Gasteiger partial charge in [-0.1, -0.05) is 0 Å². The summed E-state index contributed by atoms with van der Waals surface area (Å²) in [5, 5.41) is 5.33. The van der Waals surface area contributed by atoms with Crippen LogP contribution in [0.25, 0.3) is 0 Å². The lowest BCUT2D eigenvalue weighted by Gasteiger charge is -2.34. The van der Waals surface area contributed by atoms with Crippen LogP contribution in [0.3, 0.4) is 0 Å². The summed E-state index contributed by atoms with van der Waals surface area (Å²) in [7, 11) is 0. The largest absolute Gasteiger partial charge is 0.347 e. The van der Waals surface area contributed by atoms with Crippen molar-refractivity contribution in [3.63, 3.8) is 0 Å². The Hall–Kier alpha value is -1.47. The predicted molar refractivity (Wildman–Crippen MR) is 93.4 cm³/mol. The Morgan fingerprint density at radius 3 is 2.33 bits per heavy atom. The number of nitrogens with two attached hydrogens (primary N) is 1. The molecule has 1 rings (SSSR count). The second kappa shape index (κ2) is 9.74. The molecule has 0 aromatic carbocycles. The lowest BCUT2D eigenvalue weighted by Crippen LogP contribution is -2.54. The summed E-state index contributed by atoms with van der Waals surface area (Å²) >= 11 is 0. The van der Waals surface area contributed by atoms with E-state index in [4.69, 9.17) is 5.73 Å². The lowest BCUT2D eigenvalue weighted by atomic mass is 9.96. The van der Waals surface area contributed by atoms with Gasteiger partial charge in [0, 0.05) is 6.92 Å². The Bertz CT molecular complexity index is 445. The first-order valence-electron chi connectivity index (χ1n) is 8.82. The Morgan fingerprint density at radius 1 is 1.17 bits per heavy atom. The summed E-state index contributed by atoms with van der Waals surface area (Å²) < 4.78 is 0. The molecule has 0 saturated carbocycles. The minimum Gasteiger partial charge on any atom is -0.347 e. The van der Waals surface area contributed by atoms with Crippen molar-refractivity contribution >= 4 is 17.6 Å². The molecule has 1 aliphatic rings. The molecule has 0 aromatic heterocycles. The summed E-state index contributed by atoms with van der Waals surface area (Å²) in [5.41, 5.74) is 4.88. The minimum absolute atomic E-state index is 0.0127. The highest BCUT2D eigenvalue weighted by molar-refractivity contribution is 5.94. The molecule has 7 heteroatoms. The fourth-order valence-electron chi connectivity index (χ4n) is 2.97. The first-order valence-corrected chi connectivity index (χ1v) is 8.82. The van der Waals surface area contributed by atoms with Gasteiger partial charge < -0.3 is 16.4 Å². The summed E-state index contributed by atoms with van der Waals surface area (Å²) in [5.74, 6) is -0.583.